The van der Waals surface area contributed by atoms with Crippen molar-refractivity contribution in [2.24, 2.45) is 5.41 Å². The largest absolute Gasteiger partial charge is 0.477 e. The number of carbonyl (C=O) groups is 1. The van der Waals surface area contributed by atoms with Gasteiger partial charge in [-0.05, 0) is 24.0 Å². The van der Waals surface area contributed by atoms with Gasteiger partial charge in [0.2, 0.25) is 0 Å². The molecule has 5 heteroatoms. The van der Waals surface area contributed by atoms with Crippen LogP contribution in [0.25, 0.3) is 0 Å². The number of nitrogens with zero attached hydrogens (tertiary/aromatic N) is 1. The minimum absolute atomic E-state index is 0.0366. The monoisotopic (exact) mass is 266 g/mol. The molecule has 106 valence electrons. The first kappa shape index (κ1) is 15.6. The fraction of sp³-hybridized carbons (Fsp3) is 0.571. The van der Waals surface area contributed by atoms with Crippen molar-refractivity contribution in [3.63, 3.8) is 0 Å². The molecular formula is C14H22N2O3. The minimum atomic E-state index is -1.03. The molecule has 0 aliphatic heterocycles. The quantitative estimate of drug-likeness (QED) is 0.729. The first-order valence-corrected chi connectivity index (χ1v) is 6.36. The average molecular weight is 266 g/mol. The van der Waals surface area contributed by atoms with E-state index in [1.807, 2.05) is 0 Å². The van der Waals surface area contributed by atoms with Crippen LogP contribution in [0, 0.1) is 5.41 Å². The number of aliphatic hydroxyl groups is 1. The van der Waals surface area contributed by atoms with E-state index in [4.69, 9.17) is 5.11 Å². The van der Waals surface area contributed by atoms with Crippen molar-refractivity contribution in [3.05, 3.63) is 29.6 Å². The Morgan fingerprint density at radius 2 is 2.11 bits per heavy atom. The minimum Gasteiger partial charge on any atom is -0.477 e. The van der Waals surface area contributed by atoms with Crippen LogP contribution in [0.1, 0.15) is 43.4 Å². The molecule has 0 bridgehead atoms. The van der Waals surface area contributed by atoms with Crippen LogP contribution in [0.15, 0.2) is 18.2 Å². The average Bonchev–Trinajstić information content (AvgIpc) is 2.27. The van der Waals surface area contributed by atoms with Crippen molar-refractivity contribution in [2.75, 3.05) is 6.54 Å². The molecule has 1 heterocycles. The Balaban J connectivity index is 2.41. The Bertz CT molecular complexity index is 427. The maximum Gasteiger partial charge on any atom is 0.354 e. The summed E-state index contributed by atoms with van der Waals surface area (Å²) in [4.78, 5) is 14.8. The molecule has 5 nitrogen and oxygen atoms in total. The summed E-state index contributed by atoms with van der Waals surface area (Å²) in [5.41, 5.74) is 0.778. The topological polar surface area (TPSA) is 82.5 Å². The maximum atomic E-state index is 10.8. The van der Waals surface area contributed by atoms with E-state index < -0.39 is 12.1 Å². The highest BCUT2D eigenvalue weighted by Gasteiger charge is 2.16. The lowest BCUT2D eigenvalue weighted by Crippen LogP contribution is -2.30. The molecule has 0 aliphatic carbocycles. The predicted molar refractivity (Wildman–Crippen MR) is 73.0 cm³/mol. The summed E-state index contributed by atoms with van der Waals surface area (Å²) in [5.74, 6) is -1.03. The Kier molecular flexibility index (Phi) is 5.44. The molecule has 1 atom stereocenters. The molecule has 0 aromatic carbocycles. The second-order valence-electron chi connectivity index (χ2n) is 5.87. The fourth-order valence-electron chi connectivity index (χ4n) is 1.84. The molecule has 19 heavy (non-hydrogen) atoms. The molecule has 3 N–H and O–H groups in total. The van der Waals surface area contributed by atoms with Crippen molar-refractivity contribution in [3.8, 4) is 0 Å². The summed E-state index contributed by atoms with van der Waals surface area (Å²) in [7, 11) is 0. The van der Waals surface area contributed by atoms with E-state index in [0.717, 1.165) is 0 Å². The van der Waals surface area contributed by atoms with Crippen LogP contribution in [0.4, 0.5) is 0 Å². The van der Waals surface area contributed by atoms with Gasteiger partial charge in [0, 0.05) is 13.1 Å². The first-order valence-electron chi connectivity index (χ1n) is 6.36. The summed E-state index contributed by atoms with van der Waals surface area (Å²) in [6.07, 6.45) is 0.297. The van der Waals surface area contributed by atoms with Crippen molar-refractivity contribution in [2.45, 2.75) is 39.8 Å². The first-order chi connectivity index (χ1) is 8.78. The van der Waals surface area contributed by atoms with Gasteiger partial charge in [-0.1, -0.05) is 26.8 Å². The zero-order chi connectivity index (χ0) is 14.5. The third kappa shape index (κ3) is 6.31. The Morgan fingerprint density at radius 1 is 1.42 bits per heavy atom. The van der Waals surface area contributed by atoms with Crippen molar-refractivity contribution < 1.29 is 15.0 Å². The van der Waals surface area contributed by atoms with Crippen LogP contribution >= 0.6 is 0 Å². The van der Waals surface area contributed by atoms with E-state index >= 15 is 0 Å². The zero-order valence-electron chi connectivity index (χ0n) is 11.7. The number of rotatable bonds is 6. The molecule has 0 aliphatic rings. The molecule has 0 spiro atoms. The lowest BCUT2D eigenvalue weighted by Gasteiger charge is -2.22. The van der Waals surface area contributed by atoms with Gasteiger partial charge in [0.25, 0.3) is 0 Å². The van der Waals surface area contributed by atoms with Gasteiger partial charge in [0.1, 0.15) is 5.69 Å². The van der Waals surface area contributed by atoms with E-state index in [1.54, 1.807) is 12.1 Å². The molecule has 1 aromatic heterocycles. The van der Waals surface area contributed by atoms with Gasteiger partial charge < -0.3 is 15.5 Å². The van der Waals surface area contributed by atoms with Gasteiger partial charge in [-0.3, -0.25) is 0 Å². The number of aromatic carboxylic acids is 1. The smallest absolute Gasteiger partial charge is 0.354 e. The van der Waals surface area contributed by atoms with Crippen LogP contribution in [0.3, 0.4) is 0 Å². The zero-order valence-corrected chi connectivity index (χ0v) is 11.7. The van der Waals surface area contributed by atoms with E-state index in [2.05, 4.69) is 31.1 Å². The number of carboxylic acid groups (broad SMARTS) is 1. The van der Waals surface area contributed by atoms with Crippen LogP contribution < -0.4 is 5.32 Å². The molecule has 1 rings (SSSR count). The molecule has 1 aromatic rings. The van der Waals surface area contributed by atoms with Gasteiger partial charge in [-0.15, -0.1) is 0 Å². The number of nitrogens with one attached hydrogen (secondary N) is 1. The van der Waals surface area contributed by atoms with Gasteiger partial charge in [-0.2, -0.15) is 0 Å². The highest BCUT2D eigenvalue weighted by Crippen LogP contribution is 2.20. The molecule has 0 fully saturated rings. The van der Waals surface area contributed by atoms with Crippen LogP contribution in [-0.2, 0) is 6.54 Å². The highest BCUT2D eigenvalue weighted by molar-refractivity contribution is 5.85. The van der Waals surface area contributed by atoms with Crippen molar-refractivity contribution >= 4 is 5.97 Å². The van der Waals surface area contributed by atoms with E-state index in [9.17, 15) is 9.90 Å². The highest BCUT2D eigenvalue weighted by atomic mass is 16.4. The van der Waals surface area contributed by atoms with Gasteiger partial charge in [0.05, 0.1) is 11.8 Å². The van der Waals surface area contributed by atoms with Gasteiger partial charge in [0.15, 0.2) is 0 Å². The predicted octanol–water partition coefficient (Wildman–Crippen LogP) is 1.67. The lowest BCUT2D eigenvalue weighted by molar-refractivity contribution is 0.0690. The number of pyridine rings is 1. The summed E-state index contributed by atoms with van der Waals surface area (Å²) in [5, 5.41) is 21.7. The van der Waals surface area contributed by atoms with Gasteiger partial charge >= 0.3 is 5.97 Å². The molecule has 0 radical (unpaired) electrons. The molecule has 0 saturated heterocycles. The summed E-state index contributed by atoms with van der Waals surface area (Å²) in [6.45, 7) is 7.15. The molecule has 0 amide bonds. The second-order valence-corrected chi connectivity index (χ2v) is 5.87. The molecule has 1 unspecified atom stereocenters. The van der Waals surface area contributed by atoms with Crippen LogP contribution in [-0.4, -0.2) is 33.8 Å². The Hall–Kier alpha value is -1.46. The third-order valence-electron chi connectivity index (χ3n) is 2.56. The number of hydrogen-bond donors (Lipinski definition) is 3. The fourth-order valence-corrected chi connectivity index (χ4v) is 1.84. The normalized spacial score (nSPS) is 13.3. The number of aliphatic hydroxyl groups excluding tert-OH is 1. The summed E-state index contributed by atoms with van der Waals surface area (Å²) >= 11 is 0. The molecule has 0 saturated carbocycles. The van der Waals surface area contributed by atoms with Gasteiger partial charge in [-0.25, -0.2) is 9.78 Å². The lowest BCUT2D eigenvalue weighted by atomic mass is 9.89. The SMILES string of the molecule is CC(C)(C)CC(O)CNCc1cccc(C(=O)O)n1. The van der Waals surface area contributed by atoms with E-state index in [0.29, 0.717) is 25.2 Å². The third-order valence-corrected chi connectivity index (χ3v) is 2.56. The summed E-state index contributed by atoms with van der Waals surface area (Å²) < 4.78 is 0. The Morgan fingerprint density at radius 3 is 2.68 bits per heavy atom. The molecular weight excluding hydrogens is 244 g/mol. The van der Waals surface area contributed by atoms with E-state index in [-0.39, 0.29) is 11.1 Å². The number of carboxylic acids is 1. The maximum absolute atomic E-state index is 10.8. The van der Waals surface area contributed by atoms with Crippen LogP contribution in [0.5, 0.6) is 0 Å². The standard InChI is InChI=1S/C14H22N2O3/c1-14(2,3)7-11(17)9-15-8-10-5-4-6-12(16-10)13(18)19/h4-6,11,15,17H,7-9H2,1-3H3,(H,18,19). The Labute approximate surface area is 113 Å². The van der Waals surface area contributed by atoms with Crippen molar-refractivity contribution in [1.82, 2.24) is 10.3 Å². The van der Waals surface area contributed by atoms with Crippen LogP contribution in [0.2, 0.25) is 0 Å². The second kappa shape index (κ2) is 6.63. The number of aromatic nitrogens is 1. The number of hydrogen-bond acceptors (Lipinski definition) is 4. The van der Waals surface area contributed by atoms with E-state index in [1.165, 1.54) is 6.07 Å². The summed E-state index contributed by atoms with van der Waals surface area (Å²) in [6, 6.07) is 4.88. The van der Waals surface area contributed by atoms with Crippen molar-refractivity contribution in [1.29, 1.82) is 0 Å².